The minimum Gasteiger partial charge on any atom is -0.478 e. The minimum absolute atomic E-state index is 0.0518. The first kappa shape index (κ1) is 13.6. The second-order valence-corrected chi connectivity index (χ2v) is 5.75. The normalized spacial score (nSPS) is 12.3. The second-order valence-electron chi connectivity index (χ2n) is 5.75. The third kappa shape index (κ3) is 3.48. The zero-order valence-electron chi connectivity index (χ0n) is 11.2. The van der Waals surface area contributed by atoms with Crippen molar-refractivity contribution in [3.63, 3.8) is 0 Å². The smallest absolute Gasteiger partial charge is 0.261 e. The van der Waals surface area contributed by atoms with E-state index in [-0.39, 0.29) is 5.41 Å². The Balaban J connectivity index is 2.98. The molecule has 1 rings (SSSR count). The van der Waals surface area contributed by atoms with Crippen molar-refractivity contribution < 1.29 is 9.53 Å². The van der Waals surface area contributed by atoms with E-state index in [1.165, 1.54) is 0 Å². The maximum absolute atomic E-state index is 11.2. The van der Waals surface area contributed by atoms with E-state index in [2.05, 4.69) is 20.8 Å². The van der Waals surface area contributed by atoms with Crippen molar-refractivity contribution >= 4 is 5.91 Å². The molecule has 0 bridgehead atoms. The number of hydrogen-bond donors (Lipinski definition) is 1. The first-order chi connectivity index (χ1) is 7.63. The summed E-state index contributed by atoms with van der Waals surface area (Å²) in [5.74, 6) is 0.194. The van der Waals surface area contributed by atoms with E-state index >= 15 is 0 Å². The summed E-state index contributed by atoms with van der Waals surface area (Å²) in [6.07, 6.45) is 0. The molecule has 1 aromatic carbocycles. The highest BCUT2D eigenvalue weighted by Crippen LogP contribution is 2.27. The number of ether oxygens (including phenoxy) is 1. The van der Waals surface area contributed by atoms with E-state index in [9.17, 15) is 4.79 Å². The molecule has 0 aliphatic rings. The van der Waals surface area contributed by atoms with Crippen molar-refractivity contribution in [3.05, 3.63) is 29.8 Å². The van der Waals surface area contributed by atoms with Gasteiger partial charge in [0.25, 0.3) is 5.91 Å². The highest BCUT2D eigenvalue weighted by molar-refractivity contribution is 5.82. The third-order valence-corrected chi connectivity index (χ3v) is 2.67. The first-order valence-corrected chi connectivity index (χ1v) is 5.72. The van der Waals surface area contributed by atoms with Crippen LogP contribution in [0.5, 0.6) is 5.75 Å². The minimum atomic E-state index is -0.990. The number of nitrogens with two attached hydrogens (primary N) is 1. The van der Waals surface area contributed by atoms with Gasteiger partial charge in [-0.3, -0.25) is 4.79 Å². The van der Waals surface area contributed by atoms with Crippen LogP contribution < -0.4 is 10.5 Å². The predicted molar refractivity (Wildman–Crippen MR) is 69.0 cm³/mol. The Bertz CT molecular complexity index is 416. The number of amides is 1. The average Bonchev–Trinajstić information content (AvgIpc) is 2.15. The van der Waals surface area contributed by atoms with Crippen molar-refractivity contribution in [3.8, 4) is 5.75 Å². The van der Waals surface area contributed by atoms with Crippen molar-refractivity contribution in [2.45, 2.75) is 45.6 Å². The molecule has 2 N–H and O–H groups in total. The summed E-state index contributed by atoms with van der Waals surface area (Å²) in [4.78, 5) is 11.2. The van der Waals surface area contributed by atoms with Crippen LogP contribution in [0.2, 0.25) is 0 Å². The van der Waals surface area contributed by atoms with E-state index in [0.717, 1.165) is 5.56 Å². The summed E-state index contributed by atoms with van der Waals surface area (Å²) < 4.78 is 5.62. The molecule has 0 saturated carbocycles. The molecule has 0 heterocycles. The van der Waals surface area contributed by atoms with Crippen LogP contribution in [0, 0.1) is 0 Å². The molecule has 0 aromatic heterocycles. The molecular formula is C14H21NO2. The fourth-order valence-electron chi connectivity index (χ4n) is 1.37. The Labute approximate surface area is 103 Å². The fraction of sp³-hybridized carbons (Fsp3) is 0.500. The van der Waals surface area contributed by atoms with Crippen LogP contribution in [0.25, 0.3) is 0 Å². The van der Waals surface area contributed by atoms with E-state index in [4.69, 9.17) is 10.5 Å². The maximum Gasteiger partial charge on any atom is 0.261 e. The zero-order valence-corrected chi connectivity index (χ0v) is 11.2. The Morgan fingerprint density at radius 2 is 1.76 bits per heavy atom. The number of carbonyl (C=O) groups excluding carboxylic acids is 1. The number of primary amides is 1. The summed E-state index contributed by atoms with van der Waals surface area (Å²) >= 11 is 0. The maximum atomic E-state index is 11.2. The van der Waals surface area contributed by atoms with Crippen LogP contribution in [0.3, 0.4) is 0 Å². The lowest BCUT2D eigenvalue weighted by molar-refractivity contribution is -0.130. The van der Waals surface area contributed by atoms with Gasteiger partial charge in [-0.1, -0.05) is 32.9 Å². The van der Waals surface area contributed by atoms with Crippen LogP contribution in [-0.4, -0.2) is 11.5 Å². The Hall–Kier alpha value is -1.51. The highest BCUT2D eigenvalue weighted by atomic mass is 16.5. The van der Waals surface area contributed by atoms with Gasteiger partial charge in [-0.2, -0.15) is 0 Å². The first-order valence-electron chi connectivity index (χ1n) is 5.72. The average molecular weight is 235 g/mol. The van der Waals surface area contributed by atoms with Gasteiger partial charge in [0.2, 0.25) is 0 Å². The Morgan fingerprint density at radius 3 is 2.24 bits per heavy atom. The molecule has 0 fully saturated rings. The van der Waals surface area contributed by atoms with Crippen LogP contribution in [-0.2, 0) is 10.2 Å². The van der Waals surface area contributed by atoms with Crippen LogP contribution in [0.1, 0.15) is 40.2 Å². The molecule has 0 saturated heterocycles. The van der Waals surface area contributed by atoms with E-state index in [1.807, 2.05) is 24.3 Å². The molecule has 17 heavy (non-hydrogen) atoms. The highest BCUT2D eigenvalue weighted by Gasteiger charge is 2.27. The van der Waals surface area contributed by atoms with E-state index in [0.29, 0.717) is 5.75 Å². The molecular weight excluding hydrogens is 214 g/mol. The lowest BCUT2D eigenvalue weighted by atomic mass is 9.87. The molecule has 0 aliphatic heterocycles. The van der Waals surface area contributed by atoms with Crippen LogP contribution in [0.4, 0.5) is 0 Å². The Kier molecular flexibility index (Phi) is 3.51. The molecule has 3 heteroatoms. The lowest BCUT2D eigenvalue weighted by Crippen LogP contribution is -2.43. The summed E-state index contributed by atoms with van der Waals surface area (Å²) in [6, 6.07) is 7.75. The summed E-state index contributed by atoms with van der Waals surface area (Å²) in [5, 5.41) is 0. The van der Waals surface area contributed by atoms with Crippen molar-refractivity contribution in [1.82, 2.24) is 0 Å². The fourth-order valence-corrected chi connectivity index (χ4v) is 1.37. The molecule has 1 aromatic rings. The standard InChI is InChI=1S/C14H21NO2/c1-13(2,3)10-7-6-8-11(9-10)17-14(4,5)12(15)16/h6-9H,1-5H3,(H2,15,16). The Morgan fingerprint density at radius 1 is 1.18 bits per heavy atom. The summed E-state index contributed by atoms with van der Waals surface area (Å²) in [7, 11) is 0. The quantitative estimate of drug-likeness (QED) is 0.875. The molecule has 0 atom stereocenters. The molecule has 0 aliphatic carbocycles. The molecule has 94 valence electrons. The van der Waals surface area contributed by atoms with Gasteiger partial charge < -0.3 is 10.5 Å². The van der Waals surface area contributed by atoms with Crippen molar-refractivity contribution in [1.29, 1.82) is 0 Å². The van der Waals surface area contributed by atoms with Crippen molar-refractivity contribution in [2.24, 2.45) is 5.73 Å². The molecule has 3 nitrogen and oxygen atoms in total. The van der Waals surface area contributed by atoms with Gasteiger partial charge in [0.05, 0.1) is 0 Å². The number of carbonyl (C=O) groups is 1. The molecule has 1 amide bonds. The van der Waals surface area contributed by atoms with Gasteiger partial charge in [-0.15, -0.1) is 0 Å². The van der Waals surface area contributed by atoms with Gasteiger partial charge in [0.15, 0.2) is 5.60 Å². The van der Waals surface area contributed by atoms with Gasteiger partial charge in [0.1, 0.15) is 5.75 Å². The van der Waals surface area contributed by atoms with E-state index < -0.39 is 11.5 Å². The van der Waals surface area contributed by atoms with Crippen LogP contribution in [0.15, 0.2) is 24.3 Å². The number of rotatable bonds is 3. The van der Waals surface area contributed by atoms with Gasteiger partial charge >= 0.3 is 0 Å². The van der Waals surface area contributed by atoms with E-state index in [1.54, 1.807) is 13.8 Å². The zero-order chi connectivity index (χ0) is 13.3. The summed E-state index contributed by atoms with van der Waals surface area (Å²) in [5.41, 5.74) is 5.50. The second kappa shape index (κ2) is 4.40. The monoisotopic (exact) mass is 235 g/mol. The van der Waals surface area contributed by atoms with Gasteiger partial charge in [-0.25, -0.2) is 0 Å². The largest absolute Gasteiger partial charge is 0.478 e. The van der Waals surface area contributed by atoms with Gasteiger partial charge in [-0.05, 0) is 37.0 Å². The van der Waals surface area contributed by atoms with Crippen molar-refractivity contribution in [2.75, 3.05) is 0 Å². The molecule has 0 spiro atoms. The molecule has 0 radical (unpaired) electrons. The third-order valence-electron chi connectivity index (χ3n) is 2.67. The molecule has 0 unspecified atom stereocenters. The van der Waals surface area contributed by atoms with Gasteiger partial charge in [0, 0.05) is 0 Å². The van der Waals surface area contributed by atoms with Crippen LogP contribution >= 0.6 is 0 Å². The number of hydrogen-bond acceptors (Lipinski definition) is 2. The SMILES string of the molecule is CC(C)(Oc1cccc(C(C)(C)C)c1)C(N)=O. The lowest BCUT2D eigenvalue weighted by Gasteiger charge is -2.25. The number of benzene rings is 1. The summed E-state index contributed by atoms with van der Waals surface area (Å²) in [6.45, 7) is 9.72. The predicted octanol–water partition coefficient (Wildman–Crippen LogP) is 2.63. The topological polar surface area (TPSA) is 52.3 Å².